The molecule has 0 bridgehead atoms. The second-order valence-electron chi connectivity index (χ2n) is 4.65. The molecule has 1 amide bonds. The minimum absolute atomic E-state index is 0.0944. The summed E-state index contributed by atoms with van der Waals surface area (Å²) >= 11 is 3.42. The van der Waals surface area contributed by atoms with Gasteiger partial charge in [0.05, 0.1) is 5.92 Å². The summed E-state index contributed by atoms with van der Waals surface area (Å²) in [6, 6.07) is 7.79. The van der Waals surface area contributed by atoms with Gasteiger partial charge in [0.25, 0.3) is 0 Å². The first-order valence-corrected chi connectivity index (χ1v) is 6.67. The summed E-state index contributed by atoms with van der Waals surface area (Å²) in [6.07, 6.45) is 2.13. The fourth-order valence-electron chi connectivity index (χ4n) is 2.07. The van der Waals surface area contributed by atoms with E-state index in [0.29, 0.717) is 5.92 Å². The van der Waals surface area contributed by atoms with Gasteiger partial charge in [-0.2, -0.15) is 0 Å². The van der Waals surface area contributed by atoms with E-state index in [1.165, 1.54) is 4.90 Å². The Morgan fingerprint density at radius 1 is 1.56 bits per heavy atom. The Morgan fingerprint density at radius 2 is 2.22 bits per heavy atom. The Hall–Kier alpha value is -1.36. The van der Waals surface area contributed by atoms with Crippen molar-refractivity contribution in [2.24, 2.45) is 11.7 Å². The minimum atomic E-state index is -0.208. The third-order valence-corrected chi connectivity index (χ3v) is 3.75. The molecule has 1 aliphatic rings. The van der Waals surface area contributed by atoms with Crippen LogP contribution in [0.5, 0.6) is 0 Å². The molecule has 5 heteroatoms. The summed E-state index contributed by atoms with van der Waals surface area (Å²) in [6.45, 7) is 0. The zero-order valence-corrected chi connectivity index (χ0v) is 11.8. The highest BCUT2D eigenvalue weighted by Crippen LogP contribution is 2.43. The molecule has 96 valence electrons. The molecule has 0 radical (unpaired) electrons. The van der Waals surface area contributed by atoms with Gasteiger partial charge in [-0.25, -0.2) is 0 Å². The molecule has 18 heavy (non-hydrogen) atoms. The fourth-order valence-corrected chi connectivity index (χ4v) is 2.49. The number of halogens is 1. The van der Waals surface area contributed by atoms with Gasteiger partial charge in [-0.15, -0.1) is 0 Å². The third kappa shape index (κ3) is 2.72. The Morgan fingerprint density at radius 3 is 2.72 bits per heavy atom. The first kappa shape index (κ1) is 13.1. The van der Waals surface area contributed by atoms with E-state index >= 15 is 0 Å². The van der Waals surface area contributed by atoms with Crippen LogP contribution in [0.25, 0.3) is 0 Å². The van der Waals surface area contributed by atoms with Crippen LogP contribution in [0.4, 0.5) is 0 Å². The van der Waals surface area contributed by atoms with Crippen LogP contribution >= 0.6 is 15.9 Å². The molecule has 1 fully saturated rings. The SMILES string of the molecule is CN(C(=N)N)C(=O)[C@H](c1cccc(Br)c1)C1CC1. The summed E-state index contributed by atoms with van der Waals surface area (Å²) in [5, 5.41) is 7.36. The van der Waals surface area contributed by atoms with Crippen LogP contribution in [-0.2, 0) is 4.79 Å². The van der Waals surface area contributed by atoms with Crippen LogP contribution in [0.1, 0.15) is 24.3 Å². The number of likely N-dealkylation sites (N-methyl/N-ethyl adjacent to an activating group) is 1. The van der Waals surface area contributed by atoms with Crippen molar-refractivity contribution in [1.29, 1.82) is 5.41 Å². The lowest BCUT2D eigenvalue weighted by Crippen LogP contribution is -2.41. The van der Waals surface area contributed by atoms with E-state index in [1.54, 1.807) is 7.05 Å². The van der Waals surface area contributed by atoms with Crippen LogP contribution in [0.15, 0.2) is 28.7 Å². The molecule has 2 rings (SSSR count). The van der Waals surface area contributed by atoms with Crippen LogP contribution in [0.2, 0.25) is 0 Å². The zero-order valence-electron chi connectivity index (χ0n) is 10.2. The van der Waals surface area contributed by atoms with E-state index in [2.05, 4.69) is 15.9 Å². The number of carbonyl (C=O) groups excluding carboxylic acids is 1. The van der Waals surface area contributed by atoms with Gasteiger partial charge in [-0.1, -0.05) is 28.1 Å². The van der Waals surface area contributed by atoms with Gasteiger partial charge in [-0.3, -0.25) is 15.1 Å². The van der Waals surface area contributed by atoms with Crippen molar-refractivity contribution in [3.8, 4) is 0 Å². The normalized spacial score (nSPS) is 16.1. The number of nitrogens with one attached hydrogen (secondary N) is 1. The van der Waals surface area contributed by atoms with E-state index in [-0.39, 0.29) is 17.8 Å². The quantitative estimate of drug-likeness (QED) is 0.664. The zero-order chi connectivity index (χ0) is 13.3. The van der Waals surface area contributed by atoms with Gasteiger partial charge in [-0.05, 0) is 36.5 Å². The van der Waals surface area contributed by atoms with Crippen molar-refractivity contribution >= 4 is 27.8 Å². The maximum absolute atomic E-state index is 12.4. The van der Waals surface area contributed by atoms with Crippen LogP contribution in [0, 0.1) is 11.3 Å². The van der Waals surface area contributed by atoms with Crippen molar-refractivity contribution < 1.29 is 4.79 Å². The number of nitrogens with zero attached hydrogens (tertiary/aromatic N) is 1. The van der Waals surface area contributed by atoms with E-state index in [1.807, 2.05) is 24.3 Å². The van der Waals surface area contributed by atoms with Crippen LogP contribution < -0.4 is 5.73 Å². The van der Waals surface area contributed by atoms with Crippen LogP contribution in [-0.4, -0.2) is 23.8 Å². The van der Waals surface area contributed by atoms with Gasteiger partial charge >= 0.3 is 0 Å². The Labute approximate surface area is 115 Å². The number of rotatable bonds is 3. The number of nitrogens with two attached hydrogens (primary N) is 1. The summed E-state index contributed by atoms with van der Waals surface area (Å²) in [5.41, 5.74) is 6.37. The molecule has 1 aliphatic carbocycles. The molecular weight excluding hydrogens is 294 g/mol. The van der Waals surface area contributed by atoms with Crippen molar-refractivity contribution in [3.05, 3.63) is 34.3 Å². The second-order valence-corrected chi connectivity index (χ2v) is 5.57. The lowest BCUT2D eigenvalue weighted by atomic mass is 9.93. The van der Waals surface area contributed by atoms with E-state index < -0.39 is 0 Å². The summed E-state index contributed by atoms with van der Waals surface area (Å²) in [7, 11) is 1.55. The van der Waals surface area contributed by atoms with Gasteiger partial charge in [0.2, 0.25) is 5.91 Å². The number of benzene rings is 1. The maximum atomic E-state index is 12.4. The summed E-state index contributed by atoms with van der Waals surface area (Å²) < 4.78 is 0.962. The molecule has 0 unspecified atom stereocenters. The molecule has 0 aromatic heterocycles. The second kappa shape index (κ2) is 5.10. The minimum Gasteiger partial charge on any atom is -0.370 e. The number of hydrogen-bond acceptors (Lipinski definition) is 2. The summed E-state index contributed by atoms with van der Waals surface area (Å²) in [5.74, 6) is -0.103. The van der Waals surface area contributed by atoms with E-state index in [4.69, 9.17) is 11.1 Å². The first-order chi connectivity index (χ1) is 8.50. The Balaban J connectivity index is 2.29. The third-order valence-electron chi connectivity index (χ3n) is 3.26. The summed E-state index contributed by atoms with van der Waals surface area (Å²) in [4.78, 5) is 13.6. The molecule has 0 saturated heterocycles. The highest BCUT2D eigenvalue weighted by Gasteiger charge is 2.39. The number of carbonyl (C=O) groups is 1. The molecule has 1 aromatic rings. The number of amides is 1. The average Bonchev–Trinajstić information content (AvgIpc) is 3.12. The Bertz CT molecular complexity index is 485. The largest absolute Gasteiger partial charge is 0.370 e. The highest BCUT2D eigenvalue weighted by molar-refractivity contribution is 9.10. The van der Waals surface area contributed by atoms with Gasteiger partial charge in [0.1, 0.15) is 0 Å². The lowest BCUT2D eigenvalue weighted by Gasteiger charge is -2.22. The van der Waals surface area contributed by atoms with Gasteiger partial charge in [0, 0.05) is 11.5 Å². The van der Waals surface area contributed by atoms with Gasteiger partial charge in [0.15, 0.2) is 5.96 Å². The Kier molecular flexibility index (Phi) is 3.71. The smallest absolute Gasteiger partial charge is 0.236 e. The molecule has 1 aromatic carbocycles. The molecular formula is C13H16BrN3O. The van der Waals surface area contributed by atoms with Crippen molar-refractivity contribution in [2.75, 3.05) is 7.05 Å². The molecule has 1 saturated carbocycles. The molecule has 4 nitrogen and oxygen atoms in total. The predicted octanol–water partition coefficient (Wildman–Crippen LogP) is 2.29. The topological polar surface area (TPSA) is 70.2 Å². The van der Waals surface area contributed by atoms with Gasteiger partial charge < -0.3 is 5.73 Å². The van der Waals surface area contributed by atoms with E-state index in [0.717, 1.165) is 22.9 Å². The van der Waals surface area contributed by atoms with Crippen molar-refractivity contribution in [2.45, 2.75) is 18.8 Å². The molecule has 3 N–H and O–H groups in total. The highest BCUT2D eigenvalue weighted by atomic mass is 79.9. The first-order valence-electron chi connectivity index (χ1n) is 5.87. The fraction of sp³-hybridized carbons (Fsp3) is 0.385. The predicted molar refractivity (Wildman–Crippen MR) is 74.3 cm³/mol. The van der Waals surface area contributed by atoms with Crippen molar-refractivity contribution in [1.82, 2.24) is 4.90 Å². The average molecular weight is 310 g/mol. The monoisotopic (exact) mass is 309 g/mol. The lowest BCUT2D eigenvalue weighted by molar-refractivity contribution is -0.128. The standard InChI is InChI=1S/C13H16BrN3O/c1-17(13(15)16)12(18)11(8-5-6-8)9-3-2-4-10(14)7-9/h2-4,7-8,11H,5-6H2,1H3,(H3,15,16)/t11-/m0/s1. The number of guanidine groups is 1. The van der Waals surface area contributed by atoms with Crippen molar-refractivity contribution in [3.63, 3.8) is 0 Å². The molecule has 1 atom stereocenters. The molecule has 0 spiro atoms. The molecule has 0 heterocycles. The maximum Gasteiger partial charge on any atom is 0.236 e. The van der Waals surface area contributed by atoms with Crippen LogP contribution in [0.3, 0.4) is 0 Å². The number of hydrogen-bond donors (Lipinski definition) is 2. The van der Waals surface area contributed by atoms with E-state index in [9.17, 15) is 4.79 Å². The molecule has 0 aliphatic heterocycles.